The number of aliphatic hydroxyl groups is 2. The number of esters is 4. The molecular weight excluding hydrogens is 560 g/mol. The molecule has 43 heavy (non-hydrogen) atoms. The maximum Gasteiger partial charge on any atom is 0.333 e. The quantitative estimate of drug-likeness (QED) is 0.206. The molecule has 0 spiro atoms. The van der Waals surface area contributed by atoms with Crippen LogP contribution in [0.1, 0.15) is 67.2 Å². The van der Waals surface area contributed by atoms with Crippen LogP contribution in [0.3, 0.4) is 0 Å². The Balaban J connectivity index is 1.70. The van der Waals surface area contributed by atoms with Crippen LogP contribution < -0.4 is 0 Å². The summed E-state index contributed by atoms with van der Waals surface area (Å²) in [5.74, 6) is -5.09. The number of rotatable bonds is 5. The van der Waals surface area contributed by atoms with Crippen LogP contribution in [0.25, 0.3) is 0 Å². The summed E-state index contributed by atoms with van der Waals surface area (Å²) in [5, 5.41) is 22.8. The van der Waals surface area contributed by atoms with Gasteiger partial charge in [-0.25, -0.2) is 9.59 Å². The highest BCUT2D eigenvalue weighted by atomic mass is 16.6. The zero-order chi connectivity index (χ0) is 31.9. The number of carbonyl (C=O) groups excluding carboxylic acids is 5. The van der Waals surface area contributed by atoms with Gasteiger partial charge < -0.3 is 29.2 Å². The lowest BCUT2D eigenvalue weighted by molar-refractivity contribution is -0.230. The minimum Gasteiger partial charge on any atom is -0.469 e. The number of carbonyl (C=O) groups is 5. The first-order valence-corrected chi connectivity index (χ1v) is 14.7. The van der Waals surface area contributed by atoms with Crippen molar-refractivity contribution in [2.45, 2.75) is 91.3 Å². The first kappa shape index (κ1) is 31.1. The molecule has 0 aromatic rings. The van der Waals surface area contributed by atoms with Crippen LogP contribution in [0.15, 0.2) is 34.9 Å². The van der Waals surface area contributed by atoms with Crippen molar-refractivity contribution in [1.82, 2.24) is 0 Å². The number of methoxy groups -OCH3 is 1. The van der Waals surface area contributed by atoms with Gasteiger partial charge in [0.05, 0.1) is 7.11 Å². The minimum absolute atomic E-state index is 0.0568. The van der Waals surface area contributed by atoms with Crippen LogP contribution in [0.5, 0.6) is 0 Å². The fourth-order valence-corrected chi connectivity index (χ4v) is 8.90. The zero-order valence-corrected chi connectivity index (χ0v) is 25.6. The maximum absolute atomic E-state index is 14.7. The molecule has 2 heterocycles. The van der Waals surface area contributed by atoms with Crippen molar-refractivity contribution in [2.75, 3.05) is 7.11 Å². The highest BCUT2D eigenvalue weighted by Crippen LogP contribution is 2.69. The van der Waals surface area contributed by atoms with Crippen LogP contribution in [0, 0.1) is 34.0 Å². The average molecular weight is 601 g/mol. The summed E-state index contributed by atoms with van der Waals surface area (Å²) in [7, 11) is 1.25. The summed E-state index contributed by atoms with van der Waals surface area (Å²) in [4.78, 5) is 65.8. The van der Waals surface area contributed by atoms with Gasteiger partial charge in [-0.1, -0.05) is 39.3 Å². The lowest BCUT2D eigenvalue weighted by Crippen LogP contribution is -2.75. The lowest BCUT2D eigenvalue weighted by Gasteiger charge is -2.66. The standard InChI is InChI=1S/C32H40O11/c1-8-15(2)25(36)43-28-29(3,4)19(13-20(33)40-7)31(6)23-16(14-32(28,39)27(31)38)9-10-30(5)18(23)12-22(35)41-24(30)17-11-21(34)42-26(17)37/h8,11,14,18-19,23-24,26,28,37,39H,9-10,12-13H2,1-7H3/b15-8+/t18-,19+,23?,24-,26-,28-,30+,31+,32-/m0/s1. The van der Waals surface area contributed by atoms with Gasteiger partial charge in [-0.2, -0.15) is 0 Å². The van der Waals surface area contributed by atoms with Gasteiger partial charge in [-0.15, -0.1) is 0 Å². The van der Waals surface area contributed by atoms with Gasteiger partial charge in [0.1, 0.15) is 12.2 Å². The molecule has 2 N–H and O–H groups in total. The van der Waals surface area contributed by atoms with E-state index in [1.807, 2.05) is 6.92 Å². The smallest absolute Gasteiger partial charge is 0.333 e. The van der Waals surface area contributed by atoms with E-state index in [0.29, 0.717) is 18.4 Å². The fourth-order valence-electron chi connectivity index (χ4n) is 8.90. The summed E-state index contributed by atoms with van der Waals surface area (Å²) in [6.45, 7) is 10.4. The molecule has 5 rings (SSSR count). The van der Waals surface area contributed by atoms with Gasteiger partial charge in [0, 0.05) is 46.3 Å². The van der Waals surface area contributed by atoms with Gasteiger partial charge in [0.15, 0.2) is 11.4 Å². The molecular formula is C32H40O11. The summed E-state index contributed by atoms with van der Waals surface area (Å²) in [5.41, 5.74) is -4.37. The molecule has 0 aromatic carbocycles. The zero-order valence-electron chi connectivity index (χ0n) is 25.6. The molecule has 0 radical (unpaired) electrons. The number of fused-ring (bicyclic) bond motifs is 6. The van der Waals surface area contributed by atoms with Crippen LogP contribution in [0.2, 0.25) is 0 Å². The van der Waals surface area contributed by atoms with Crippen molar-refractivity contribution in [3.63, 3.8) is 0 Å². The number of allylic oxidation sites excluding steroid dienone is 2. The van der Waals surface area contributed by atoms with E-state index in [4.69, 9.17) is 18.9 Å². The Morgan fingerprint density at radius 3 is 2.40 bits per heavy atom. The molecule has 2 aliphatic heterocycles. The van der Waals surface area contributed by atoms with Crippen molar-refractivity contribution in [3.8, 4) is 0 Å². The summed E-state index contributed by atoms with van der Waals surface area (Å²) >= 11 is 0. The first-order chi connectivity index (χ1) is 20.0. The Bertz CT molecular complexity index is 1390. The SMILES string of the molecule is C/C=C(\C)C(=O)O[C@H]1C(C)(C)[C@@H](CC(=O)OC)[C@@]2(C)C(=O)[C@@]1(O)C=C1CC[C@@]3(C)[C@H](C4=CC(=O)O[C@@H]4O)OC(=O)C[C@H]3C12. The Labute approximate surface area is 250 Å². The Morgan fingerprint density at radius 2 is 1.81 bits per heavy atom. The van der Waals surface area contributed by atoms with Crippen molar-refractivity contribution < 1.29 is 53.1 Å². The molecule has 11 nitrogen and oxygen atoms in total. The van der Waals surface area contributed by atoms with E-state index in [1.165, 1.54) is 13.2 Å². The van der Waals surface area contributed by atoms with E-state index in [2.05, 4.69) is 0 Å². The van der Waals surface area contributed by atoms with E-state index in [-0.39, 0.29) is 18.4 Å². The molecule has 5 aliphatic rings. The number of Topliss-reactive ketones (excluding diaryl/α,β-unsaturated/α-hetero) is 1. The molecule has 2 bridgehead atoms. The van der Waals surface area contributed by atoms with E-state index >= 15 is 0 Å². The van der Waals surface area contributed by atoms with Crippen molar-refractivity contribution in [1.29, 1.82) is 0 Å². The van der Waals surface area contributed by atoms with Gasteiger partial charge in [-0.05, 0) is 50.5 Å². The number of hydrogen-bond donors (Lipinski definition) is 2. The molecule has 3 fully saturated rings. The fraction of sp³-hybridized carbons (Fsp3) is 0.656. The third-order valence-electron chi connectivity index (χ3n) is 11.1. The molecule has 1 saturated heterocycles. The topological polar surface area (TPSA) is 163 Å². The molecule has 1 unspecified atom stereocenters. The molecule has 2 saturated carbocycles. The second kappa shape index (κ2) is 10.1. The Hall–Kier alpha value is -3.31. The molecule has 9 atom stereocenters. The summed E-state index contributed by atoms with van der Waals surface area (Å²) in [6, 6.07) is 0. The maximum atomic E-state index is 14.7. The molecule has 3 aliphatic carbocycles. The average Bonchev–Trinajstić information content (AvgIpc) is 3.28. The predicted octanol–water partition coefficient (Wildman–Crippen LogP) is 2.48. The normalized spacial score (nSPS) is 41.6. The molecule has 234 valence electrons. The van der Waals surface area contributed by atoms with E-state index < -0.39 is 87.8 Å². The van der Waals surface area contributed by atoms with E-state index in [9.17, 15) is 34.2 Å². The summed E-state index contributed by atoms with van der Waals surface area (Å²) in [6.07, 6.45) is 0.909. The van der Waals surface area contributed by atoms with Crippen LogP contribution >= 0.6 is 0 Å². The second-order valence-corrected chi connectivity index (χ2v) is 13.7. The summed E-state index contributed by atoms with van der Waals surface area (Å²) < 4.78 is 21.7. The number of aliphatic hydroxyl groups excluding tert-OH is 1. The minimum atomic E-state index is -2.19. The van der Waals surface area contributed by atoms with E-state index in [0.717, 1.165) is 11.6 Å². The van der Waals surface area contributed by atoms with Gasteiger partial charge >= 0.3 is 23.9 Å². The third-order valence-corrected chi connectivity index (χ3v) is 11.1. The number of ketones is 1. The molecule has 0 amide bonds. The van der Waals surface area contributed by atoms with Gasteiger partial charge in [0.25, 0.3) is 0 Å². The van der Waals surface area contributed by atoms with Crippen molar-refractivity contribution in [3.05, 3.63) is 34.9 Å². The van der Waals surface area contributed by atoms with Crippen molar-refractivity contribution >= 4 is 29.7 Å². The van der Waals surface area contributed by atoms with Gasteiger partial charge in [-0.3, -0.25) is 14.4 Å². The number of ether oxygens (including phenoxy) is 4. The van der Waals surface area contributed by atoms with Crippen LogP contribution in [0.4, 0.5) is 0 Å². The number of cyclic esters (lactones) is 2. The van der Waals surface area contributed by atoms with Gasteiger partial charge in [0.2, 0.25) is 6.29 Å². The number of hydrogen-bond acceptors (Lipinski definition) is 11. The highest BCUT2D eigenvalue weighted by molar-refractivity contribution is 6.00. The first-order valence-electron chi connectivity index (χ1n) is 14.7. The predicted molar refractivity (Wildman–Crippen MR) is 148 cm³/mol. The monoisotopic (exact) mass is 600 g/mol. The van der Waals surface area contributed by atoms with Crippen molar-refractivity contribution in [2.24, 2.45) is 34.0 Å². The second-order valence-electron chi connectivity index (χ2n) is 13.7. The lowest BCUT2D eigenvalue weighted by atomic mass is 9.38. The molecule has 11 heteroatoms. The molecule has 0 aromatic heterocycles. The third kappa shape index (κ3) is 4.33. The Morgan fingerprint density at radius 1 is 1.14 bits per heavy atom. The van der Waals surface area contributed by atoms with Crippen LogP contribution in [-0.4, -0.2) is 71.1 Å². The highest BCUT2D eigenvalue weighted by Gasteiger charge is 2.75. The van der Waals surface area contributed by atoms with E-state index in [1.54, 1.807) is 40.7 Å². The Kier molecular flexibility index (Phi) is 7.33. The largest absolute Gasteiger partial charge is 0.469 e. The van der Waals surface area contributed by atoms with Crippen LogP contribution in [-0.2, 0) is 42.9 Å².